The van der Waals surface area contributed by atoms with E-state index in [1.807, 2.05) is 9.80 Å². The van der Waals surface area contributed by atoms with Crippen LogP contribution in [-0.4, -0.2) is 83.1 Å². The molecule has 2 fully saturated rings. The molecule has 34 heavy (non-hydrogen) atoms. The number of carboxylic acid groups (broad SMARTS) is 1. The van der Waals surface area contributed by atoms with Crippen LogP contribution in [0.2, 0.25) is 5.02 Å². The molecular formula is C24H28ClN3O6. The van der Waals surface area contributed by atoms with Crippen molar-refractivity contribution in [1.82, 2.24) is 10.2 Å². The number of aliphatic carboxylic acids is 1. The number of ether oxygens (including phenoxy) is 1. The molecule has 4 N–H and O–H groups in total. The number of carbonyl (C=O) groups is 2. The first-order valence-corrected chi connectivity index (χ1v) is 11.6. The van der Waals surface area contributed by atoms with Crippen molar-refractivity contribution in [2.75, 3.05) is 37.7 Å². The second-order valence-electron chi connectivity index (χ2n) is 8.65. The molecule has 2 aromatic carbocycles. The topological polar surface area (TPSA) is 123 Å². The van der Waals surface area contributed by atoms with Gasteiger partial charge in [0.25, 0.3) is 5.91 Å². The predicted molar refractivity (Wildman–Crippen MR) is 127 cm³/mol. The second-order valence-corrected chi connectivity index (χ2v) is 9.09. The normalized spacial score (nSPS) is 21.0. The Kier molecular flexibility index (Phi) is 7.45. The zero-order chi connectivity index (χ0) is 24.2. The highest BCUT2D eigenvalue weighted by atomic mass is 35.5. The molecule has 4 rings (SSSR count). The highest BCUT2D eigenvalue weighted by Crippen LogP contribution is 2.34. The monoisotopic (exact) mass is 489 g/mol. The number of nitrogens with zero attached hydrogens (tertiary/aromatic N) is 2. The second kappa shape index (κ2) is 10.5. The zero-order valence-electron chi connectivity index (χ0n) is 18.6. The molecule has 2 aliphatic heterocycles. The number of anilines is 1. The van der Waals surface area contributed by atoms with Gasteiger partial charge < -0.3 is 35.2 Å². The molecule has 0 saturated carbocycles. The lowest BCUT2D eigenvalue weighted by molar-refractivity contribution is -0.139. The Labute approximate surface area is 202 Å². The van der Waals surface area contributed by atoms with Crippen molar-refractivity contribution in [3.8, 4) is 11.5 Å². The van der Waals surface area contributed by atoms with Gasteiger partial charge >= 0.3 is 5.97 Å². The summed E-state index contributed by atoms with van der Waals surface area (Å²) in [5.74, 6) is -0.746. The van der Waals surface area contributed by atoms with Crippen LogP contribution in [0.1, 0.15) is 23.2 Å². The van der Waals surface area contributed by atoms with E-state index in [0.717, 1.165) is 12.8 Å². The van der Waals surface area contributed by atoms with Crippen LogP contribution in [0, 0.1) is 0 Å². The molecule has 2 atom stereocenters. The number of piperidine rings is 1. The highest BCUT2D eigenvalue weighted by Gasteiger charge is 2.35. The van der Waals surface area contributed by atoms with Gasteiger partial charge in [-0.1, -0.05) is 11.6 Å². The van der Waals surface area contributed by atoms with Crippen molar-refractivity contribution in [3.63, 3.8) is 0 Å². The van der Waals surface area contributed by atoms with E-state index in [9.17, 15) is 19.8 Å². The molecule has 0 aliphatic carbocycles. The molecule has 10 heteroatoms. The quantitative estimate of drug-likeness (QED) is 0.465. The standard InChI is InChI=1S/C24H28ClN3O6/c25-16-3-1-15(2-4-16)24(33)27-9-7-17(8-10-27)26-19-12-28(13-21(19)30)20-11-18(29)5-6-22(20)34-14-23(31)32/h1-6,11,17,19,21,26,29-30H,7-10,12-14H2,(H,31,32)/t19-,21-/m0/s1. The summed E-state index contributed by atoms with van der Waals surface area (Å²) in [6.45, 7) is 1.52. The number of halogens is 1. The Bertz CT molecular complexity index is 1030. The maximum atomic E-state index is 12.7. The molecule has 0 unspecified atom stereocenters. The van der Waals surface area contributed by atoms with E-state index in [4.69, 9.17) is 21.4 Å². The van der Waals surface area contributed by atoms with E-state index in [-0.39, 0.29) is 23.7 Å². The maximum Gasteiger partial charge on any atom is 0.341 e. The Morgan fingerprint density at radius 2 is 1.79 bits per heavy atom. The van der Waals surface area contributed by atoms with E-state index >= 15 is 0 Å². The van der Waals surface area contributed by atoms with Crippen molar-refractivity contribution in [2.45, 2.75) is 31.0 Å². The first-order chi connectivity index (χ1) is 16.3. The lowest BCUT2D eigenvalue weighted by Gasteiger charge is -2.34. The summed E-state index contributed by atoms with van der Waals surface area (Å²) in [6, 6.07) is 11.3. The fourth-order valence-electron chi connectivity index (χ4n) is 4.49. The van der Waals surface area contributed by atoms with Gasteiger partial charge in [-0.15, -0.1) is 0 Å². The molecule has 0 bridgehead atoms. The third-order valence-electron chi connectivity index (χ3n) is 6.25. The number of aliphatic hydroxyl groups is 1. The van der Waals surface area contributed by atoms with Crippen LogP contribution in [-0.2, 0) is 4.79 Å². The van der Waals surface area contributed by atoms with Gasteiger partial charge in [0.2, 0.25) is 0 Å². The number of aliphatic hydroxyl groups excluding tert-OH is 1. The summed E-state index contributed by atoms with van der Waals surface area (Å²) in [5, 5.41) is 33.6. The number of likely N-dealkylation sites (tertiary alicyclic amines) is 1. The Balaban J connectivity index is 1.33. The van der Waals surface area contributed by atoms with E-state index in [0.29, 0.717) is 48.2 Å². The van der Waals surface area contributed by atoms with Gasteiger partial charge in [0.1, 0.15) is 11.5 Å². The fraction of sp³-hybridized carbons (Fsp3) is 0.417. The molecule has 0 aromatic heterocycles. The number of carbonyl (C=O) groups excluding carboxylic acids is 1. The summed E-state index contributed by atoms with van der Waals surface area (Å²) >= 11 is 5.91. The van der Waals surface area contributed by atoms with Crippen molar-refractivity contribution < 1.29 is 29.6 Å². The number of hydrogen-bond acceptors (Lipinski definition) is 7. The fourth-order valence-corrected chi connectivity index (χ4v) is 4.61. The smallest absolute Gasteiger partial charge is 0.341 e. The number of phenols is 1. The molecule has 0 spiro atoms. The third-order valence-corrected chi connectivity index (χ3v) is 6.50. The largest absolute Gasteiger partial charge is 0.508 e. The molecule has 2 aliphatic rings. The third kappa shape index (κ3) is 5.72. The lowest BCUT2D eigenvalue weighted by Crippen LogP contribution is -2.50. The van der Waals surface area contributed by atoms with Gasteiger partial charge in [-0.05, 0) is 49.2 Å². The lowest BCUT2D eigenvalue weighted by atomic mass is 10.0. The molecule has 2 aromatic rings. The number of β-amino-alcohol motifs (C(OH)–C–C–N with tert-alkyl or cyclic N) is 1. The Morgan fingerprint density at radius 1 is 1.09 bits per heavy atom. The number of aromatic hydroxyl groups is 1. The predicted octanol–water partition coefficient (Wildman–Crippen LogP) is 1.95. The van der Waals surface area contributed by atoms with Gasteiger partial charge in [-0.2, -0.15) is 0 Å². The number of phenolic OH excluding ortho intramolecular Hbond substituents is 1. The molecule has 2 saturated heterocycles. The first-order valence-electron chi connectivity index (χ1n) is 11.2. The molecule has 1 amide bonds. The number of rotatable bonds is 7. The molecule has 0 radical (unpaired) electrons. The van der Waals surface area contributed by atoms with E-state index in [1.165, 1.54) is 18.2 Å². The van der Waals surface area contributed by atoms with Crippen LogP contribution in [0.5, 0.6) is 11.5 Å². The maximum absolute atomic E-state index is 12.7. The minimum atomic E-state index is -1.10. The first kappa shape index (κ1) is 24.1. The summed E-state index contributed by atoms with van der Waals surface area (Å²) < 4.78 is 5.36. The van der Waals surface area contributed by atoms with Crippen molar-refractivity contribution >= 4 is 29.2 Å². The molecule has 182 valence electrons. The minimum Gasteiger partial charge on any atom is -0.508 e. The zero-order valence-corrected chi connectivity index (χ0v) is 19.3. The van der Waals surface area contributed by atoms with Gasteiger partial charge in [0.05, 0.1) is 17.8 Å². The minimum absolute atomic E-state index is 0.0139. The van der Waals surface area contributed by atoms with Gasteiger partial charge in [-0.3, -0.25) is 4.79 Å². The van der Waals surface area contributed by atoms with E-state index in [2.05, 4.69) is 5.32 Å². The summed E-state index contributed by atoms with van der Waals surface area (Å²) in [6.07, 6.45) is 0.881. The average Bonchev–Trinajstić information content (AvgIpc) is 3.18. The van der Waals surface area contributed by atoms with Crippen LogP contribution in [0.15, 0.2) is 42.5 Å². The Morgan fingerprint density at radius 3 is 2.47 bits per heavy atom. The van der Waals surface area contributed by atoms with Gasteiger partial charge in [-0.25, -0.2) is 4.79 Å². The summed E-state index contributed by atoms with van der Waals surface area (Å²) in [4.78, 5) is 27.3. The number of nitrogens with one attached hydrogen (secondary N) is 1. The van der Waals surface area contributed by atoms with Crippen LogP contribution in [0.4, 0.5) is 5.69 Å². The van der Waals surface area contributed by atoms with Crippen LogP contribution < -0.4 is 15.0 Å². The summed E-state index contributed by atoms with van der Waals surface area (Å²) in [7, 11) is 0. The van der Waals surface area contributed by atoms with Crippen molar-refractivity contribution in [3.05, 3.63) is 53.1 Å². The average molecular weight is 490 g/mol. The number of amides is 1. The van der Waals surface area contributed by atoms with Gasteiger partial charge in [0, 0.05) is 48.9 Å². The summed E-state index contributed by atoms with van der Waals surface area (Å²) in [5.41, 5.74) is 1.15. The SMILES string of the molecule is O=C(O)COc1ccc(O)cc1N1C[C@H](NC2CCN(C(=O)c3ccc(Cl)cc3)CC2)[C@@H](O)C1. The molecule has 9 nitrogen and oxygen atoms in total. The van der Waals surface area contributed by atoms with Crippen LogP contribution in [0.3, 0.4) is 0 Å². The van der Waals surface area contributed by atoms with E-state index < -0.39 is 18.7 Å². The van der Waals surface area contributed by atoms with Crippen molar-refractivity contribution in [1.29, 1.82) is 0 Å². The van der Waals surface area contributed by atoms with Crippen LogP contribution >= 0.6 is 11.6 Å². The van der Waals surface area contributed by atoms with Gasteiger partial charge in [0.15, 0.2) is 6.61 Å². The van der Waals surface area contributed by atoms with Crippen LogP contribution in [0.25, 0.3) is 0 Å². The van der Waals surface area contributed by atoms with Crippen molar-refractivity contribution in [2.24, 2.45) is 0 Å². The number of benzene rings is 2. The molecule has 2 heterocycles. The van der Waals surface area contributed by atoms with E-state index in [1.54, 1.807) is 24.3 Å². The molecular weight excluding hydrogens is 462 g/mol. The number of carboxylic acids is 1. The Hall–Kier alpha value is -3.01. The highest BCUT2D eigenvalue weighted by molar-refractivity contribution is 6.30. The number of hydrogen-bond donors (Lipinski definition) is 4.